The number of aromatic amines is 1. The maximum atomic E-state index is 13.7. The third kappa shape index (κ3) is 3.07. The van der Waals surface area contributed by atoms with Crippen LogP contribution in [0.4, 0.5) is 0 Å². The fourth-order valence-electron chi connectivity index (χ4n) is 3.92. The van der Waals surface area contributed by atoms with Crippen LogP contribution >= 0.6 is 11.6 Å². The molecular formula is C22H19ClN6O. The average Bonchev–Trinajstić information content (AvgIpc) is 3.47. The van der Waals surface area contributed by atoms with E-state index in [0.717, 1.165) is 22.2 Å². The molecule has 1 amide bonds. The molecule has 7 nitrogen and oxygen atoms in total. The number of halogens is 1. The highest BCUT2D eigenvalue weighted by molar-refractivity contribution is 6.34. The summed E-state index contributed by atoms with van der Waals surface area (Å²) in [6, 6.07) is 11.0. The highest BCUT2D eigenvalue weighted by Crippen LogP contribution is 2.36. The van der Waals surface area contributed by atoms with Crippen molar-refractivity contribution in [3.8, 4) is 5.69 Å². The van der Waals surface area contributed by atoms with Gasteiger partial charge in [-0.1, -0.05) is 41.4 Å². The van der Waals surface area contributed by atoms with E-state index in [1.165, 1.54) is 4.80 Å². The molecule has 0 bridgehead atoms. The minimum atomic E-state index is -0.243. The van der Waals surface area contributed by atoms with E-state index >= 15 is 0 Å². The molecule has 1 atom stereocenters. The van der Waals surface area contributed by atoms with Crippen molar-refractivity contribution in [3.05, 3.63) is 82.9 Å². The van der Waals surface area contributed by atoms with Crippen LogP contribution < -0.4 is 0 Å². The molecule has 2 aromatic heterocycles. The number of carbonyl (C=O) groups excluding carboxylic acids is 1. The van der Waals surface area contributed by atoms with Gasteiger partial charge in [0.2, 0.25) is 0 Å². The van der Waals surface area contributed by atoms with E-state index in [0.29, 0.717) is 35.1 Å². The Kier molecular flexibility index (Phi) is 4.40. The largest absolute Gasteiger partial charge is 0.339 e. The van der Waals surface area contributed by atoms with Crippen molar-refractivity contribution in [1.29, 1.82) is 0 Å². The van der Waals surface area contributed by atoms with Crippen molar-refractivity contribution in [2.75, 3.05) is 6.54 Å². The summed E-state index contributed by atoms with van der Waals surface area (Å²) in [5, 5.41) is 9.00. The maximum absolute atomic E-state index is 13.7. The van der Waals surface area contributed by atoms with Crippen molar-refractivity contribution >= 4 is 28.5 Å². The number of hydrogen-bond acceptors (Lipinski definition) is 4. The van der Waals surface area contributed by atoms with E-state index in [-0.39, 0.29) is 11.9 Å². The molecule has 1 aliphatic rings. The zero-order chi connectivity index (χ0) is 20.8. The standard InChI is InChI=1S/C22H19ClN6O/c1-13-6-7-18(29-24-8-9-25-29)15(10-13)22(30)28-12-14(2)11-19(28)21-26-17-5-3-4-16(23)20(17)27-21/h3-10,19H,2,11-12H2,1H3,(H,26,27)/t19-/m0/s1. The number of likely N-dealkylation sites (tertiary alicyclic amines) is 1. The van der Waals surface area contributed by atoms with Crippen LogP contribution in [0.25, 0.3) is 16.7 Å². The highest BCUT2D eigenvalue weighted by atomic mass is 35.5. The lowest BCUT2D eigenvalue weighted by atomic mass is 10.1. The first-order valence-corrected chi connectivity index (χ1v) is 9.98. The van der Waals surface area contributed by atoms with Gasteiger partial charge in [0.1, 0.15) is 5.82 Å². The molecule has 30 heavy (non-hydrogen) atoms. The van der Waals surface area contributed by atoms with Crippen LogP contribution in [-0.2, 0) is 0 Å². The zero-order valence-electron chi connectivity index (χ0n) is 16.3. The van der Waals surface area contributed by atoms with Gasteiger partial charge < -0.3 is 9.88 Å². The van der Waals surface area contributed by atoms with E-state index in [1.54, 1.807) is 17.3 Å². The molecule has 3 heterocycles. The zero-order valence-corrected chi connectivity index (χ0v) is 17.1. The summed E-state index contributed by atoms with van der Waals surface area (Å²) < 4.78 is 0. The van der Waals surface area contributed by atoms with Gasteiger partial charge in [-0.05, 0) is 37.6 Å². The van der Waals surface area contributed by atoms with Gasteiger partial charge in [0, 0.05) is 6.54 Å². The first-order valence-electron chi connectivity index (χ1n) is 9.60. The number of nitrogens with zero attached hydrogens (tertiary/aromatic N) is 5. The molecule has 1 fully saturated rings. The summed E-state index contributed by atoms with van der Waals surface area (Å²) in [4.78, 5) is 25.0. The van der Waals surface area contributed by atoms with Crippen molar-refractivity contribution in [3.63, 3.8) is 0 Å². The van der Waals surface area contributed by atoms with Crippen LogP contribution in [0, 0.1) is 6.92 Å². The Bertz CT molecular complexity index is 1280. The second kappa shape index (κ2) is 7.11. The topological polar surface area (TPSA) is 79.7 Å². The second-order valence-corrected chi connectivity index (χ2v) is 7.91. The molecule has 0 unspecified atom stereocenters. The normalized spacial score (nSPS) is 16.5. The molecule has 0 aliphatic carbocycles. The quantitative estimate of drug-likeness (QED) is 0.504. The number of carbonyl (C=O) groups is 1. The Labute approximate surface area is 178 Å². The Morgan fingerprint density at radius 3 is 2.80 bits per heavy atom. The predicted molar refractivity (Wildman–Crippen MR) is 115 cm³/mol. The smallest absolute Gasteiger partial charge is 0.257 e. The van der Waals surface area contributed by atoms with E-state index in [2.05, 4.69) is 21.8 Å². The number of amides is 1. The first-order chi connectivity index (χ1) is 14.5. The number of H-pyrrole nitrogens is 1. The molecule has 0 saturated carbocycles. The molecule has 2 aromatic carbocycles. The van der Waals surface area contributed by atoms with Gasteiger partial charge in [-0.2, -0.15) is 15.0 Å². The molecule has 1 aliphatic heterocycles. The van der Waals surface area contributed by atoms with Crippen LogP contribution in [-0.4, -0.2) is 42.3 Å². The number of hydrogen-bond donors (Lipinski definition) is 1. The van der Waals surface area contributed by atoms with Crippen LogP contribution in [0.3, 0.4) is 0 Å². The van der Waals surface area contributed by atoms with Crippen molar-refractivity contribution in [1.82, 2.24) is 29.9 Å². The number of rotatable bonds is 3. The first kappa shape index (κ1) is 18.6. The number of nitrogens with one attached hydrogen (secondary N) is 1. The lowest BCUT2D eigenvalue weighted by Crippen LogP contribution is -2.32. The van der Waals surface area contributed by atoms with Gasteiger partial charge in [0.05, 0.1) is 45.7 Å². The number of aryl methyl sites for hydroxylation is 1. The van der Waals surface area contributed by atoms with Crippen molar-refractivity contribution < 1.29 is 4.79 Å². The SMILES string of the molecule is C=C1C[C@@H](c2nc3cccc(Cl)c3[nH]2)N(C(=O)c2cc(C)ccc2-n2nccn2)C1. The monoisotopic (exact) mass is 418 g/mol. The average molecular weight is 419 g/mol. The number of aromatic nitrogens is 5. The maximum Gasteiger partial charge on any atom is 0.257 e. The minimum Gasteiger partial charge on any atom is -0.339 e. The van der Waals surface area contributed by atoms with E-state index < -0.39 is 0 Å². The fraction of sp³-hybridized carbons (Fsp3) is 0.182. The summed E-state index contributed by atoms with van der Waals surface area (Å²) in [6.45, 7) is 6.55. The number of fused-ring (bicyclic) bond motifs is 1. The summed E-state index contributed by atoms with van der Waals surface area (Å²) in [5.74, 6) is 0.595. The van der Waals surface area contributed by atoms with Crippen LogP contribution in [0.15, 0.2) is 60.9 Å². The molecule has 4 aromatic rings. The van der Waals surface area contributed by atoms with Gasteiger partial charge in [0.25, 0.3) is 5.91 Å². The third-order valence-electron chi connectivity index (χ3n) is 5.33. The summed E-state index contributed by atoms with van der Waals surface area (Å²) in [7, 11) is 0. The highest BCUT2D eigenvalue weighted by Gasteiger charge is 2.36. The van der Waals surface area contributed by atoms with Crippen LogP contribution in [0.1, 0.15) is 34.2 Å². The van der Waals surface area contributed by atoms with Gasteiger partial charge in [-0.15, -0.1) is 0 Å². The number of imidazole rings is 1. The van der Waals surface area contributed by atoms with E-state index in [4.69, 9.17) is 16.6 Å². The van der Waals surface area contributed by atoms with Crippen molar-refractivity contribution in [2.24, 2.45) is 0 Å². The molecule has 1 N–H and O–H groups in total. The fourth-order valence-corrected chi connectivity index (χ4v) is 4.14. The molecule has 8 heteroatoms. The van der Waals surface area contributed by atoms with Crippen LogP contribution in [0.5, 0.6) is 0 Å². The molecule has 0 spiro atoms. The number of para-hydroxylation sites is 1. The lowest BCUT2D eigenvalue weighted by Gasteiger charge is -2.24. The molecular weight excluding hydrogens is 400 g/mol. The van der Waals surface area contributed by atoms with Gasteiger partial charge >= 0.3 is 0 Å². The Balaban J connectivity index is 1.57. The van der Waals surface area contributed by atoms with Crippen LogP contribution in [0.2, 0.25) is 5.02 Å². The lowest BCUT2D eigenvalue weighted by molar-refractivity contribution is 0.0732. The van der Waals surface area contributed by atoms with Gasteiger partial charge in [-0.25, -0.2) is 4.98 Å². The summed E-state index contributed by atoms with van der Waals surface area (Å²) >= 11 is 6.31. The molecule has 150 valence electrons. The molecule has 1 saturated heterocycles. The second-order valence-electron chi connectivity index (χ2n) is 7.50. The summed E-state index contributed by atoms with van der Waals surface area (Å²) in [5.41, 5.74) is 4.70. The Morgan fingerprint density at radius 1 is 1.23 bits per heavy atom. The Morgan fingerprint density at radius 2 is 2.03 bits per heavy atom. The minimum absolute atomic E-state index is 0.110. The Hall–Kier alpha value is -3.45. The number of benzene rings is 2. The molecule has 0 radical (unpaired) electrons. The van der Waals surface area contributed by atoms with Gasteiger partial charge in [0.15, 0.2) is 0 Å². The third-order valence-corrected chi connectivity index (χ3v) is 5.65. The summed E-state index contributed by atoms with van der Waals surface area (Å²) in [6.07, 6.45) is 3.82. The van der Waals surface area contributed by atoms with Gasteiger partial charge in [-0.3, -0.25) is 4.79 Å². The predicted octanol–water partition coefficient (Wildman–Crippen LogP) is 4.25. The van der Waals surface area contributed by atoms with Crippen molar-refractivity contribution in [2.45, 2.75) is 19.4 Å². The van der Waals surface area contributed by atoms with E-state index in [9.17, 15) is 4.79 Å². The molecule has 5 rings (SSSR count). The van der Waals surface area contributed by atoms with E-state index in [1.807, 2.05) is 43.3 Å².